The molecule has 0 heterocycles. The number of nitrogen functional groups attached to an aromatic ring is 1. The van der Waals surface area contributed by atoms with Gasteiger partial charge in [-0.1, -0.05) is 54.6 Å². The molecule has 0 saturated carbocycles. The molecule has 0 spiro atoms. The number of primary amides is 1. The molecule has 0 aliphatic heterocycles. The van der Waals surface area contributed by atoms with Gasteiger partial charge in [-0.15, -0.1) is 0 Å². The van der Waals surface area contributed by atoms with Crippen LogP contribution >= 0.6 is 0 Å². The summed E-state index contributed by atoms with van der Waals surface area (Å²) in [4.78, 5) is 54.3. The van der Waals surface area contributed by atoms with Gasteiger partial charge >= 0.3 is 5.97 Å². The lowest BCUT2D eigenvalue weighted by Crippen LogP contribution is -2.56. The molecule has 0 fully saturated rings. The molecule has 12 N–H and O–H groups in total. The average Bonchev–Trinajstić information content (AvgIpc) is 2.92. The number of carboxylic acids is 1. The normalized spacial score (nSPS) is 13.6. The number of nitrogens with zero attached hydrogens (tertiary/aromatic N) is 1. The van der Waals surface area contributed by atoms with Gasteiger partial charge in [-0.3, -0.25) is 29.6 Å². The van der Waals surface area contributed by atoms with Crippen LogP contribution in [0.4, 0.5) is 0 Å². The minimum absolute atomic E-state index is 0.0853. The monoisotopic (exact) mass is 566 g/mol. The predicted molar refractivity (Wildman–Crippen MR) is 155 cm³/mol. The molecule has 13 heteroatoms. The van der Waals surface area contributed by atoms with E-state index in [0.717, 1.165) is 5.56 Å². The van der Waals surface area contributed by atoms with E-state index >= 15 is 0 Å². The second-order valence-electron chi connectivity index (χ2n) is 9.86. The number of hydrogen-bond acceptors (Lipinski definition) is 6. The minimum Gasteiger partial charge on any atom is -0.481 e. The fourth-order valence-electron chi connectivity index (χ4n) is 4.25. The molecule has 220 valence electrons. The smallest absolute Gasteiger partial charge is 0.303 e. The standard InChI is InChI=1S/C28H38N8O5/c1-28(19-6-3-2-4-7-19,16-17-9-11-18(12-10-17)23(29)30)26(41)36-21(13-14-22(37)38)25(40)35-20(24(31)39)8-5-15-34-27(32)33/h2-4,6-7,9-12,20-21H,5,8,13-16H2,1H3,(H3,29,30)(H2,31,39)(H,35,40)(H,36,41)(H,37,38)(H4,32,33,34)/t20-,21-,28+/m0/s1. The Kier molecular flexibility index (Phi) is 11.8. The van der Waals surface area contributed by atoms with Gasteiger partial charge in [0.2, 0.25) is 17.7 Å². The van der Waals surface area contributed by atoms with Crippen molar-refractivity contribution in [3.05, 3.63) is 71.3 Å². The number of hydrogen-bond donors (Lipinski definition) is 8. The third kappa shape index (κ3) is 9.95. The number of nitrogens with one attached hydrogen (secondary N) is 3. The van der Waals surface area contributed by atoms with Gasteiger partial charge in [-0.2, -0.15) is 0 Å². The number of amidine groups is 1. The van der Waals surface area contributed by atoms with Crippen molar-refractivity contribution < 1.29 is 24.3 Å². The summed E-state index contributed by atoms with van der Waals surface area (Å²) in [5, 5.41) is 22.1. The molecule has 0 saturated heterocycles. The van der Waals surface area contributed by atoms with Crippen molar-refractivity contribution in [3.63, 3.8) is 0 Å². The van der Waals surface area contributed by atoms with Crippen molar-refractivity contribution >= 4 is 35.5 Å². The highest BCUT2D eigenvalue weighted by Gasteiger charge is 2.38. The Morgan fingerprint density at radius 2 is 1.56 bits per heavy atom. The second kappa shape index (κ2) is 15.0. The summed E-state index contributed by atoms with van der Waals surface area (Å²) < 4.78 is 0. The number of aliphatic imine (C=N–C) groups is 1. The van der Waals surface area contributed by atoms with Crippen LogP contribution in [0.1, 0.15) is 49.3 Å². The summed E-state index contributed by atoms with van der Waals surface area (Å²) in [7, 11) is 0. The molecule has 0 unspecified atom stereocenters. The van der Waals surface area contributed by atoms with E-state index in [-0.39, 0.29) is 37.6 Å². The van der Waals surface area contributed by atoms with Crippen LogP contribution in [0.3, 0.4) is 0 Å². The summed E-state index contributed by atoms with van der Waals surface area (Å²) in [6.45, 7) is 1.93. The van der Waals surface area contributed by atoms with Crippen LogP contribution < -0.4 is 33.6 Å². The van der Waals surface area contributed by atoms with Crippen LogP contribution in [0.15, 0.2) is 59.6 Å². The average molecular weight is 567 g/mol. The number of carbonyl (C=O) groups excluding carboxylic acids is 3. The van der Waals surface area contributed by atoms with Gasteiger partial charge in [0.15, 0.2) is 5.96 Å². The number of rotatable bonds is 16. The van der Waals surface area contributed by atoms with Gasteiger partial charge in [-0.25, -0.2) is 0 Å². The van der Waals surface area contributed by atoms with Crippen LogP contribution in [0.2, 0.25) is 0 Å². The first-order valence-electron chi connectivity index (χ1n) is 13.0. The molecular weight excluding hydrogens is 528 g/mol. The van der Waals surface area contributed by atoms with Crippen molar-refractivity contribution in [2.45, 2.75) is 56.5 Å². The summed E-state index contributed by atoms with van der Waals surface area (Å²) in [6.07, 6.45) is 0.0775. The maximum absolute atomic E-state index is 13.9. The zero-order chi connectivity index (χ0) is 30.6. The highest BCUT2D eigenvalue weighted by Crippen LogP contribution is 2.29. The molecule has 2 rings (SSSR count). The van der Waals surface area contributed by atoms with Gasteiger partial charge in [-0.05, 0) is 43.7 Å². The number of benzene rings is 2. The lowest BCUT2D eigenvalue weighted by atomic mass is 9.76. The molecule has 13 nitrogen and oxygen atoms in total. The van der Waals surface area contributed by atoms with Crippen molar-refractivity contribution in [1.29, 1.82) is 5.41 Å². The third-order valence-corrected chi connectivity index (χ3v) is 6.61. The predicted octanol–water partition coefficient (Wildman–Crippen LogP) is -0.156. The summed E-state index contributed by atoms with van der Waals surface area (Å²) in [5.74, 6) is -3.42. The Balaban J connectivity index is 2.32. The van der Waals surface area contributed by atoms with Crippen molar-refractivity contribution in [1.82, 2.24) is 10.6 Å². The second-order valence-corrected chi connectivity index (χ2v) is 9.86. The fourth-order valence-corrected chi connectivity index (χ4v) is 4.25. The van der Waals surface area contributed by atoms with Gasteiger partial charge in [0, 0.05) is 18.5 Å². The van der Waals surface area contributed by atoms with E-state index in [1.54, 1.807) is 55.5 Å². The van der Waals surface area contributed by atoms with Crippen molar-refractivity contribution in [2.24, 2.45) is 27.9 Å². The topological polar surface area (TPSA) is 253 Å². The minimum atomic E-state index is -1.26. The van der Waals surface area contributed by atoms with Crippen LogP contribution in [0.5, 0.6) is 0 Å². The van der Waals surface area contributed by atoms with Gasteiger partial charge in [0.05, 0.1) is 5.41 Å². The molecule has 41 heavy (non-hydrogen) atoms. The Morgan fingerprint density at radius 3 is 2.10 bits per heavy atom. The van der Waals surface area contributed by atoms with Gasteiger partial charge in [0.1, 0.15) is 17.9 Å². The van der Waals surface area contributed by atoms with E-state index in [4.69, 9.17) is 28.3 Å². The van der Waals surface area contributed by atoms with Crippen LogP contribution in [0.25, 0.3) is 0 Å². The molecule has 2 aromatic carbocycles. The molecule has 0 aromatic heterocycles. The molecule has 0 aliphatic carbocycles. The first-order chi connectivity index (χ1) is 19.3. The summed E-state index contributed by atoms with van der Waals surface area (Å²) >= 11 is 0. The van der Waals surface area contributed by atoms with E-state index in [9.17, 15) is 24.3 Å². The Labute approximate surface area is 238 Å². The fraction of sp³-hybridized carbons (Fsp3) is 0.357. The van der Waals surface area contributed by atoms with Gasteiger partial charge in [0.25, 0.3) is 0 Å². The van der Waals surface area contributed by atoms with E-state index in [2.05, 4.69) is 15.6 Å². The maximum Gasteiger partial charge on any atom is 0.303 e. The number of carbonyl (C=O) groups is 4. The zero-order valence-corrected chi connectivity index (χ0v) is 22.9. The van der Waals surface area contributed by atoms with E-state index in [1.165, 1.54) is 0 Å². The number of nitrogens with two attached hydrogens (primary N) is 4. The lowest BCUT2D eigenvalue weighted by molar-refractivity contribution is -0.138. The summed E-state index contributed by atoms with van der Waals surface area (Å²) in [5.41, 5.74) is 22.4. The quantitative estimate of drug-likeness (QED) is 0.0768. The summed E-state index contributed by atoms with van der Waals surface area (Å²) in [6, 6.07) is 13.5. The van der Waals surface area contributed by atoms with Crippen molar-refractivity contribution in [2.75, 3.05) is 6.54 Å². The third-order valence-electron chi connectivity index (χ3n) is 6.61. The molecular formula is C28H38N8O5. The Hall–Kier alpha value is -4.94. The SMILES string of the molecule is C[C@](Cc1ccc(C(=N)N)cc1)(C(=O)N[C@@H](CCC(=O)O)C(=O)N[C@@H](CCCN=C(N)N)C(N)=O)c1ccccc1. The largest absolute Gasteiger partial charge is 0.481 e. The van der Waals surface area contributed by atoms with E-state index < -0.39 is 47.6 Å². The molecule has 2 aromatic rings. The Bertz CT molecular complexity index is 1260. The highest BCUT2D eigenvalue weighted by molar-refractivity contribution is 5.96. The number of amides is 3. The maximum atomic E-state index is 13.9. The Morgan fingerprint density at radius 1 is 0.927 bits per heavy atom. The first-order valence-corrected chi connectivity index (χ1v) is 13.0. The number of aliphatic carboxylic acids is 1. The molecule has 0 bridgehead atoms. The van der Waals surface area contributed by atoms with Crippen LogP contribution in [-0.4, -0.2) is 59.2 Å². The van der Waals surface area contributed by atoms with Crippen LogP contribution in [0, 0.1) is 5.41 Å². The van der Waals surface area contributed by atoms with Crippen LogP contribution in [-0.2, 0) is 31.0 Å². The van der Waals surface area contributed by atoms with Gasteiger partial charge < -0.3 is 38.7 Å². The molecule has 3 atom stereocenters. The zero-order valence-electron chi connectivity index (χ0n) is 22.9. The van der Waals surface area contributed by atoms with Crippen molar-refractivity contribution in [3.8, 4) is 0 Å². The number of carboxylic acid groups (broad SMARTS) is 1. The molecule has 0 radical (unpaired) electrons. The molecule has 0 aliphatic rings. The highest BCUT2D eigenvalue weighted by atomic mass is 16.4. The van der Waals surface area contributed by atoms with E-state index in [1.807, 2.05) is 6.07 Å². The first kappa shape index (κ1) is 32.3. The lowest BCUT2D eigenvalue weighted by Gasteiger charge is -2.31. The van der Waals surface area contributed by atoms with E-state index in [0.29, 0.717) is 17.5 Å². The number of guanidine groups is 1. The molecule has 3 amide bonds.